The highest BCUT2D eigenvalue weighted by molar-refractivity contribution is 7.12. The summed E-state index contributed by atoms with van der Waals surface area (Å²) in [5.41, 5.74) is 5.96. The number of hydrogen-bond donors (Lipinski definition) is 1. The number of carbonyl (C=O) groups is 1. The smallest absolute Gasteiger partial charge is 0.280 e. The average molecular weight is 393 g/mol. The lowest BCUT2D eigenvalue weighted by molar-refractivity contribution is -0.127. The van der Waals surface area contributed by atoms with Crippen LogP contribution in [0.25, 0.3) is 5.13 Å². The molecule has 0 fully saturated rings. The quantitative estimate of drug-likeness (QED) is 0.513. The van der Waals surface area contributed by atoms with E-state index in [0.717, 1.165) is 22.1 Å². The predicted octanol–water partition coefficient (Wildman–Crippen LogP) is 3.34. The summed E-state index contributed by atoms with van der Waals surface area (Å²) in [4.78, 5) is 16.5. The van der Waals surface area contributed by atoms with E-state index in [1.165, 1.54) is 0 Å². The number of rotatable bonds is 6. The lowest BCUT2D eigenvalue weighted by Crippen LogP contribution is -2.33. The third kappa shape index (κ3) is 4.27. The number of aryl methyl sites for hydroxylation is 1. The second-order valence-corrected chi connectivity index (χ2v) is 6.98. The minimum atomic E-state index is -0.729. The molecule has 28 heavy (non-hydrogen) atoms. The van der Waals surface area contributed by atoms with Crippen molar-refractivity contribution in [3.8, 4) is 17.0 Å². The molecule has 142 valence electrons. The van der Waals surface area contributed by atoms with Crippen molar-refractivity contribution in [2.75, 3.05) is 0 Å². The lowest BCUT2D eigenvalue weighted by atomic mass is 10.2. The Hall–Kier alpha value is -3.44. The van der Waals surface area contributed by atoms with Gasteiger partial charge in [-0.05, 0) is 51.1 Å². The van der Waals surface area contributed by atoms with E-state index in [4.69, 9.17) is 10.00 Å². The van der Waals surface area contributed by atoms with Crippen molar-refractivity contribution in [3.63, 3.8) is 0 Å². The van der Waals surface area contributed by atoms with Gasteiger partial charge in [0.2, 0.25) is 0 Å². The van der Waals surface area contributed by atoms with Gasteiger partial charge < -0.3 is 4.74 Å². The highest BCUT2D eigenvalue weighted by Crippen LogP contribution is 2.21. The first-order chi connectivity index (χ1) is 13.5. The van der Waals surface area contributed by atoms with E-state index in [-0.39, 0.29) is 5.91 Å². The number of thiazole rings is 1. The summed E-state index contributed by atoms with van der Waals surface area (Å²) < 4.78 is 7.61. The van der Waals surface area contributed by atoms with Gasteiger partial charge in [-0.15, -0.1) is 11.3 Å². The third-order valence-corrected chi connectivity index (χ3v) is 4.88. The molecular formula is C20H19N5O2S. The molecule has 7 nitrogen and oxygen atoms in total. The largest absolute Gasteiger partial charge is 0.481 e. The molecule has 0 saturated heterocycles. The molecule has 8 heteroatoms. The van der Waals surface area contributed by atoms with Gasteiger partial charge in [-0.3, -0.25) is 9.36 Å². The second kappa shape index (κ2) is 8.50. The summed E-state index contributed by atoms with van der Waals surface area (Å²) in [6.07, 6.45) is 2.65. The van der Waals surface area contributed by atoms with E-state index in [1.807, 2.05) is 35.9 Å². The fraction of sp³-hybridized carbons (Fsp3) is 0.200. The molecule has 0 spiro atoms. The molecule has 3 aromatic rings. The number of hydrazone groups is 1. The van der Waals surface area contributed by atoms with Crippen LogP contribution in [-0.2, 0) is 4.79 Å². The van der Waals surface area contributed by atoms with Crippen molar-refractivity contribution in [1.29, 1.82) is 5.26 Å². The Balaban J connectivity index is 1.62. The van der Waals surface area contributed by atoms with Gasteiger partial charge in [0, 0.05) is 28.5 Å². The van der Waals surface area contributed by atoms with Crippen molar-refractivity contribution in [3.05, 3.63) is 64.4 Å². The van der Waals surface area contributed by atoms with E-state index in [0.29, 0.717) is 11.3 Å². The Bertz CT molecular complexity index is 1030. The van der Waals surface area contributed by atoms with Gasteiger partial charge in [0.1, 0.15) is 5.75 Å². The van der Waals surface area contributed by atoms with Crippen LogP contribution in [0, 0.1) is 25.2 Å². The zero-order chi connectivity index (χ0) is 20.1. The van der Waals surface area contributed by atoms with Crippen molar-refractivity contribution in [2.24, 2.45) is 5.10 Å². The molecule has 0 radical (unpaired) electrons. The van der Waals surface area contributed by atoms with Crippen LogP contribution < -0.4 is 10.2 Å². The topological polar surface area (TPSA) is 92.3 Å². The number of amides is 1. The average Bonchev–Trinajstić information content (AvgIpc) is 3.30. The highest BCUT2D eigenvalue weighted by atomic mass is 32.1. The second-order valence-electron chi connectivity index (χ2n) is 6.11. The van der Waals surface area contributed by atoms with Crippen molar-refractivity contribution < 1.29 is 9.53 Å². The summed E-state index contributed by atoms with van der Waals surface area (Å²) in [5, 5.41) is 15.7. The molecule has 3 rings (SSSR count). The summed E-state index contributed by atoms with van der Waals surface area (Å²) in [6, 6.07) is 10.6. The third-order valence-electron chi connectivity index (χ3n) is 4.12. The molecule has 1 N–H and O–H groups in total. The number of nitrogens with one attached hydrogen (secondary N) is 1. The number of carbonyl (C=O) groups excluding carboxylic acids is 1. The first kappa shape index (κ1) is 19.3. The van der Waals surface area contributed by atoms with Crippen LogP contribution in [0.4, 0.5) is 0 Å². The molecule has 2 heterocycles. The van der Waals surface area contributed by atoms with Crippen LogP contribution in [-0.4, -0.2) is 27.8 Å². The Labute approximate surface area is 166 Å². The SMILES string of the molecule is Cc1cc(/C=N\NC(=O)[C@H](C)Oc2ccc(C#N)cc2)c(C)n1-c1nccs1. The van der Waals surface area contributed by atoms with Crippen LogP contribution in [0.15, 0.2) is 47.0 Å². The van der Waals surface area contributed by atoms with Crippen molar-refractivity contribution in [1.82, 2.24) is 15.0 Å². The zero-order valence-electron chi connectivity index (χ0n) is 15.7. The van der Waals surface area contributed by atoms with Crippen LogP contribution in [0.3, 0.4) is 0 Å². The monoisotopic (exact) mass is 393 g/mol. The van der Waals surface area contributed by atoms with Gasteiger partial charge in [0.05, 0.1) is 17.8 Å². The maximum atomic E-state index is 12.2. The molecule has 0 aliphatic rings. The molecule has 1 atom stereocenters. The van der Waals surface area contributed by atoms with Crippen molar-refractivity contribution >= 4 is 23.5 Å². The van der Waals surface area contributed by atoms with Crippen LogP contribution >= 0.6 is 11.3 Å². The summed E-state index contributed by atoms with van der Waals surface area (Å²) in [7, 11) is 0. The molecular weight excluding hydrogens is 374 g/mol. The van der Waals surface area contributed by atoms with Crippen LogP contribution in [0.1, 0.15) is 29.4 Å². The maximum Gasteiger partial charge on any atom is 0.280 e. The van der Waals surface area contributed by atoms with Gasteiger partial charge >= 0.3 is 0 Å². The molecule has 0 aliphatic carbocycles. The van der Waals surface area contributed by atoms with E-state index in [9.17, 15) is 4.79 Å². The van der Waals surface area contributed by atoms with E-state index in [2.05, 4.69) is 15.5 Å². The predicted molar refractivity (Wildman–Crippen MR) is 108 cm³/mol. The molecule has 1 aromatic carbocycles. The number of ether oxygens (including phenoxy) is 1. The summed E-state index contributed by atoms with van der Waals surface area (Å²) >= 11 is 1.56. The van der Waals surface area contributed by atoms with Gasteiger partial charge in [0.15, 0.2) is 11.2 Å². The minimum absolute atomic E-state index is 0.366. The summed E-state index contributed by atoms with van der Waals surface area (Å²) in [6.45, 7) is 5.61. The minimum Gasteiger partial charge on any atom is -0.481 e. The van der Waals surface area contributed by atoms with E-state index < -0.39 is 6.10 Å². The Morgan fingerprint density at radius 3 is 2.79 bits per heavy atom. The maximum absolute atomic E-state index is 12.2. The van der Waals surface area contributed by atoms with Gasteiger partial charge in [0.25, 0.3) is 5.91 Å². The standard InChI is InChI=1S/C20H19N5O2S/c1-13-10-17(14(2)25(13)20-22-8-9-28-20)12-23-24-19(26)15(3)27-18-6-4-16(11-21)5-7-18/h4-10,12,15H,1-3H3,(H,24,26)/b23-12-/t15-/m0/s1. The number of nitriles is 1. The fourth-order valence-corrected chi connectivity index (χ4v) is 3.41. The molecule has 0 bridgehead atoms. The molecule has 1 amide bonds. The molecule has 0 unspecified atom stereocenters. The van der Waals surface area contributed by atoms with Crippen molar-refractivity contribution in [2.45, 2.75) is 26.9 Å². The van der Waals surface area contributed by atoms with Crippen LogP contribution in [0.5, 0.6) is 5.75 Å². The molecule has 0 aliphatic heterocycles. The molecule has 0 saturated carbocycles. The molecule has 2 aromatic heterocycles. The van der Waals surface area contributed by atoms with Gasteiger partial charge in [-0.2, -0.15) is 10.4 Å². The Kier molecular flexibility index (Phi) is 5.87. The number of nitrogens with zero attached hydrogens (tertiary/aromatic N) is 4. The summed E-state index contributed by atoms with van der Waals surface area (Å²) in [5.74, 6) is 0.145. The van der Waals surface area contributed by atoms with Gasteiger partial charge in [-0.1, -0.05) is 0 Å². The first-order valence-corrected chi connectivity index (χ1v) is 9.46. The number of benzene rings is 1. The van der Waals surface area contributed by atoms with E-state index in [1.54, 1.807) is 54.9 Å². The van der Waals surface area contributed by atoms with Gasteiger partial charge in [-0.25, -0.2) is 10.4 Å². The first-order valence-electron chi connectivity index (χ1n) is 8.58. The number of aromatic nitrogens is 2. The fourth-order valence-electron chi connectivity index (χ4n) is 2.66. The normalized spacial score (nSPS) is 11.9. The number of hydrogen-bond acceptors (Lipinski definition) is 6. The van der Waals surface area contributed by atoms with E-state index >= 15 is 0 Å². The Morgan fingerprint density at radius 2 is 2.14 bits per heavy atom. The van der Waals surface area contributed by atoms with Crippen LogP contribution in [0.2, 0.25) is 0 Å². The lowest BCUT2D eigenvalue weighted by Gasteiger charge is -2.12. The zero-order valence-corrected chi connectivity index (χ0v) is 16.5. The Morgan fingerprint density at radius 1 is 1.39 bits per heavy atom. The highest BCUT2D eigenvalue weighted by Gasteiger charge is 2.14.